The van der Waals surface area contributed by atoms with Crippen LogP contribution in [0, 0.1) is 0 Å². The van der Waals surface area contributed by atoms with Crippen LogP contribution in [-0.4, -0.2) is 23.0 Å². The van der Waals surface area contributed by atoms with Gasteiger partial charge in [-0.15, -0.1) is 0 Å². The van der Waals surface area contributed by atoms with Gasteiger partial charge >= 0.3 is 0 Å². The Labute approximate surface area is 98.7 Å². The van der Waals surface area contributed by atoms with Gasteiger partial charge in [0, 0.05) is 19.3 Å². The third-order valence-electron chi connectivity index (χ3n) is 2.65. The van der Waals surface area contributed by atoms with Crippen LogP contribution in [-0.2, 0) is 13.1 Å². The first-order chi connectivity index (χ1) is 7.81. The van der Waals surface area contributed by atoms with Crippen molar-refractivity contribution in [1.29, 1.82) is 0 Å². The van der Waals surface area contributed by atoms with Crippen molar-refractivity contribution in [2.24, 2.45) is 5.73 Å². The van der Waals surface area contributed by atoms with Gasteiger partial charge < -0.3 is 5.73 Å². The van der Waals surface area contributed by atoms with Crippen molar-refractivity contribution < 1.29 is 0 Å². The molecule has 0 spiro atoms. The van der Waals surface area contributed by atoms with Gasteiger partial charge in [-0.05, 0) is 37.6 Å². The summed E-state index contributed by atoms with van der Waals surface area (Å²) >= 11 is 0. The first-order valence-corrected chi connectivity index (χ1v) is 6.17. The van der Waals surface area contributed by atoms with Crippen LogP contribution in [0.2, 0.25) is 0 Å². The highest BCUT2D eigenvalue weighted by atomic mass is 15.1. The summed E-state index contributed by atoms with van der Waals surface area (Å²) in [5.41, 5.74) is 7.99. The van der Waals surface area contributed by atoms with E-state index in [0.29, 0.717) is 6.54 Å². The summed E-state index contributed by atoms with van der Waals surface area (Å²) in [6.45, 7) is 8.23. The average molecular weight is 221 g/mol. The molecule has 0 aliphatic heterocycles. The lowest BCUT2D eigenvalue weighted by Gasteiger charge is -2.21. The van der Waals surface area contributed by atoms with Crippen molar-refractivity contribution >= 4 is 0 Å². The van der Waals surface area contributed by atoms with Crippen LogP contribution in [0.4, 0.5) is 0 Å². The number of hydrogen-bond donors (Lipinski definition) is 1. The molecule has 16 heavy (non-hydrogen) atoms. The summed E-state index contributed by atoms with van der Waals surface area (Å²) in [6.07, 6.45) is 4.20. The summed E-state index contributed by atoms with van der Waals surface area (Å²) in [4.78, 5) is 6.79. The monoisotopic (exact) mass is 221 g/mol. The molecule has 0 bridgehead atoms. The van der Waals surface area contributed by atoms with E-state index in [1.54, 1.807) is 0 Å². The van der Waals surface area contributed by atoms with E-state index < -0.39 is 0 Å². The largest absolute Gasteiger partial charge is 0.325 e. The van der Waals surface area contributed by atoms with E-state index in [1.807, 2.05) is 12.3 Å². The fourth-order valence-corrected chi connectivity index (χ4v) is 1.94. The fraction of sp³-hybridized carbons (Fsp3) is 0.615. The van der Waals surface area contributed by atoms with Crippen molar-refractivity contribution in [3.05, 3.63) is 29.6 Å². The second-order valence-electron chi connectivity index (χ2n) is 4.09. The van der Waals surface area contributed by atoms with Crippen LogP contribution >= 0.6 is 0 Å². The van der Waals surface area contributed by atoms with Crippen molar-refractivity contribution in [1.82, 2.24) is 9.88 Å². The Morgan fingerprint density at radius 3 is 2.50 bits per heavy atom. The number of nitrogens with two attached hydrogens (primary N) is 1. The van der Waals surface area contributed by atoms with Gasteiger partial charge in [-0.3, -0.25) is 9.88 Å². The van der Waals surface area contributed by atoms with E-state index in [4.69, 9.17) is 5.73 Å². The lowest BCUT2D eigenvalue weighted by Crippen LogP contribution is -2.26. The summed E-state index contributed by atoms with van der Waals surface area (Å²) in [5.74, 6) is 0. The molecular formula is C13H23N3. The first kappa shape index (κ1) is 13.1. The minimum absolute atomic E-state index is 0.530. The second kappa shape index (κ2) is 7.36. The van der Waals surface area contributed by atoms with Crippen LogP contribution in [0.25, 0.3) is 0 Å². The smallest absolute Gasteiger partial charge is 0.0584 e. The Balaban J connectivity index is 2.67. The molecule has 0 atom stereocenters. The van der Waals surface area contributed by atoms with Crippen LogP contribution in [0.3, 0.4) is 0 Å². The van der Waals surface area contributed by atoms with Gasteiger partial charge in [0.15, 0.2) is 0 Å². The predicted octanol–water partition coefficient (Wildman–Crippen LogP) is 2.16. The van der Waals surface area contributed by atoms with E-state index in [1.165, 1.54) is 18.4 Å². The van der Waals surface area contributed by atoms with E-state index in [9.17, 15) is 0 Å². The lowest BCUT2D eigenvalue weighted by atomic mass is 10.1. The highest BCUT2D eigenvalue weighted by Crippen LogP contribution is 2.09. The molecule has 0 fully saturated rings. The van der Waals surface area contributed by atoms with Gasteiger partial charge in [0.1, 0.15) is 0 Å². The summed E-state index contributed by atoms with van der Waals surface area (Å²) in [5, 5.41) is 0. The molecule has 1 aromatic rings. The lowest BCUT2D eigenvalue weighted by molar-refractivity contribution is 0.265. The van der Waals surface area contributed by atoms with Crippen LogP contribution in [0.15, 0.2) is 18.3 Å². The molecule has 1 rings (SSSR count). The van der Waals surface area contributed by atoms with Crippen molar-refractivity contribution in [2.75, 3.05) is 13.1 Å². The van der Waals surface area contributed by atoms with E-state index in [-0.39, 0.29) is 0 Å². The minimum atomic E-state index is 0.530. The molecule has 0 saturated heterocycles. The quantitative estimate of drug-likeness (QED) is 0.767. The SMILES string of the molecule is CCCN(CCC)Cc1cccnc1CN. The zero-order valence-electron chi connectivity index (χ0n) is 10.4. The molecule has 1 aromatic heterocycles. The van der Waals surface area contributed by atoms with Gasteiger partial charge in [0.2, 0.25) is 0 Å². The molecule has 0 unspecified atom stereocenters. The maximum atomic E-state index is 5.69. The molecule has 1 heterocycles. The number of hydrogen-bond acceptors (Lipinski definition) is 3. The highest BCUT2D eigenvalue weighted by Gasteiger charge is 2.07. The van der Waals surface area contributed by atoms with E-state index in [0.717, 1.165) is 25.3 Å². The minimum Gasteiger partial charge on any atom is -0.325 e. The van der Waals surface area contributed by atoms with Crippen molar-refractivity contribution in [3.63, 3.8) is 0 Å². The maximum Gasteiger partial charge on any atom is 0.0584 e. The standard InChI is InChI=1S/C13H23N3/c1-3-8-16(9-4-2)11-12-6-5-7-15-13(12)10-14/h5-7H,3-4,8-11,14H2,1-2H3. The molecule has 2 N–H and O–H groups in total. The molecule has 0 radical (unpaired) electrons. The predicted molar refractivity (Wildman–Crippen MR) is 68.0 cm³/mol. The average Bonchev–Trinajstić information content (AvgIpc) is 2.30. The Morgan fingerprint density at radius 2 is 1.94 bits per heavy atom. The van der Waals surface area contributed by atoms with Crippen LogP contribution in [0.5, 0.6) is 0 Å². The molecule has 0 aliphatic rings. The fourth-order valence-electron chi connectivity index (χ4n) is 1.94. The Morgan fingerprint density at radius 1 is 1.25 bits per heavy atom. The summed E-state index contributed by atoms with van der Waals surface area (Å²) in [7, 11) is 0. The maximum absolute atomic E-state index is 5.69. The van der Waals surface area contributed by atoms with Crippen molar-refractivity contribution in [2.45, 2.75) is 39.8 Å². The van der Waals surface area contributed by atoms with Crippen LogP contribution in [0.1, 0.15) is 37.9 Å². The highest BCUT2D eigenvalue weighted by molar-refractivity contribution is 5.19. The third kappa shape index (κ3) is 3.91. The van der Waals surface area contributed by atoms with Gasteiger partial charge in [-0.1, -0.05) is 19.9 Å². The molecule has 0 aromatic carbocycles. The molecule has 0 aliphatic carbocycles. The van der Waals surface area contributed by atoms with Gasteiger partial charge in [-0.2, -0.15) is 0 Å². The van der Waals surface area contributed by atoms with Gasteiger partial charge in [0.05, 0.1) is 5.69 Å². The summed E-state index contributed by atoms with van der Waals surface area (Å²) < 4.78 is 0. The van der Waals surface area contributed by atoms with Crippen LogP contribution < -0.4 is 5.73 Å². The Kier molecular flexibility index (Phi) is 6.04. The number of pyridine rings is 1. The second-order valence-corrected chi connectivity index (χ2v) is 4.09. The van der Waals surface area contributed by atoms with Gasteiger partial charge in [0.25, 0.3) is 0 Å². The number of aromatic nitrogens is 1. The third-order valence-corrected chi connectivity index (χ3v) is 2.65. The summed E-state index contributed by atoms with van der Waals surface area (Å²) in [6, 6.07) is 4.12. The topological polar surface area (TPSA) is 42.2 Å². The number of nitrogens with zero attached hydrogens (tertiary/aromatic N) is 2. The van der Waals surface area contributed by atoms with E-state index >= 15 is 0 Å². The van der Waals surface area contributed by atoms with E-state index in [2.05, 4.69) is 29.8 Å². The zero-order chi connectivity index (χ0) is 11.8. The van der Waals surface area contributed by atoms with Gasteiger partial charge in [-0.25, -0.2) is 0 Å². The molecule has 0 saturated carbocycles. The Bertz CT molecular complexity index is 293. The molecule has 0 amide bonds. The first-order valence-electron chi connectivity index (χ1n) is 6.17. The normalized spacial score (nSPS) is 11.0. The zero-order valence-corrected chi connectivity index (χ0v) is 10.4. The number of rotatable bonds is 7. The molecule has 3 heteroatoms. The molecule has 3 nitrogen and oxygen atoms in total. The van der Waals surface area contributed by atoms with Crippen molar-refractivity contribution in [3.8, 4) is 0 Å². The molecule has 90 valence electrons. The molecular weight excluding hydrogens is 198 g/mol. The Hall–Kier alpha value is -0.930.